The summed E-state index contributed by atoms with van der Waals surface area (Å²) in [7, 11) is 0. The van der Waals surface area contributed by atoms with Crippen LogP contribution in [0.5, 0.6) is 0 Å². The quantitative estimate of drug-likeness (QED) is 0.589. The van der Waals surface area contributed by atoms with Crippen molar-refractivity contribution in [2.45, 2.75) is 11.0 Å². The number of benzene rings is 2. The van der Waals surface area contributed by atoms with Gasteiger partial charge in [-0.1, -0.05) is 60.7 Å². The van der Waals surface area contributed by atoms with E-state index in [1.807, 2.05) is 36.4 Å². The van der Waals surface area contributed by atoms with E-state index in [4.69, 9.17) is 0 Å². The topological polar surface area (TPSA) is 34.1 Å². The van der Waals surface area contributed by atoms with Crippen LogP contribution in [0, 0.1) is 5.92 Å². The first kappa shape index (κ1) is 16.3. The molecular formula is C19H18O2S2. The third-order valence-corrected chi connectivity index (χ3v) is 6.87. The molecule has 2 aromatic rings. The molecule has 0 saturated carbocycles. The molecule has 0 amide bonds. The predicted octanol–water partition coefficient (Wildman–Crippen LogP) is 4.56. The summed E-state index contributed by atoms with van der Waals surface area (Å²) in [5, 5.41) is 0. The van der Waals surface area contributed by atoms with E-state index in [1.165, 1.54) is 0 Å². The molecule has 0 spiro atoms. The van der Waals surface area contributed by atoms with Crippen LogP contribution < -0.4 is 0 Å². The molecule has 3 rings (SSSR count). The zero-order chi connectivity index (χ0) is 16.1. The number of carbonyl (C=O) groups is 2. The van der Waals surface area contributed by atoms with Gasteiger partial charge in [0.2, 0.25) is 0 Å². The first-order valence-corrected chi connectivity index (χ1v) is 9.79. The summed E-state index contributed by atoms with van der Waals surface area (Å²) in [6.07, 6.45) is 1.14. The molecule has 0 radical (unpaired) electrons. The normalized spacial score (nSPS) is 15.5. The first-order chi connectivity index (χ1) is 11.3. The Labute approximate surface area is 145 Å². The van der Waals surface area contributed by atoms with Gasteiger partial charge in [-0.05, 0) is 17.9 Å². The monoisotopic (exact) mass is 342 g/mol. The summed E-state index contributed by atoms with van der Waals surface area (Å²) in [6.45, 7) is 0. The molecule has 2 nitrogen and oxygen atoms in total. The maximum absolute atomic E-state index is 13.0. The zero-order valence-corrected chi connectivity index (χ0v) is 14.3. The summed E-state index contributed by atoms with van der Waals surface area (Å²) in [4.78, 5) is 26.0. The minimum Gasteiger partial charge on any atom is -0.293 e. The van der Waals surface area contributed by atoms with Crippen LogP contribution in [0.15, 0.2) is 60.7 Å². The Balaban J connectivity index is 1.93. The lowest BCUT2D eigenvalue weighted by molar-refractivity contribution is 0.0819. The van der Waals surface area contributed by atoms with Crippen molar-refractivity contribution in [2.75, 3.05) is 11.5 Å². The number of carbonyl (C=O) groups excluding carboxylic acids is 2. The molecule has 1 aliphatic heterocycles. The van der Waals surface area contributed by atoms with Crippen molar-refractivity contribution in [1.82, 2.24) is 0 Å². The van der Waals surface area contributed by atoms with Gasteiger partial charge in [0.15, 0.2) is 11.6 Å². The smallest absolute Gasteiger partial charge is 0.175 e. The van der Waals surface area contributed by atoms with Crippen molar-refractivity contribution in [1.29, 1.82) is 0 Å². The summed E-state index contributed by atoms with van der Waals surface area (Å²) in [5.74, 6) is 1.28. The zero-order valence-electron chi connectivity index (χ0n) is 12.7. The van der Waals surface area contributed by atoms with Gasteiger partial charge in [0, 0.05) is 11.1 Å². The minimum atomic E-state index is -0.616. The fourth-order valence-electron chi connectivity index (χ4n) is 2.63. The van der Waals surface area contributed by atoms with Crippen LogP contribution in [0.3, 0.4) is 0 Å². The van der Waals surface area contributed by atoms with Gasteiger partial charge in [-0.2, -0.15) is 0 Å². The van der Waals surface area contributed by atoms with Crippen LogP contribution in [0.2, 0.25) is 0 Å². The van der Waals surface area contributed by atoms with E-state index < -0.39 is 5.92 Å². The van der Waals surface area contributed by atoms with Crippen LogP contribution in [0.4, 0.5) is 0 Å². The number of ketones is 2. The summed E-state index contributed by atoms with van der Waals surface area (Å²) >= 11 is 3.48. The average molecular weight is 342 g/mol. The number of rotatable bonds is 5. The van der Waals surface area contributed by atoms with Gasteiger partial charge in [0.25, 0.3) is 0 Å². The van der Waals surface area contributed by atoms with E-state index in [0.717, 1.165) is 17.9 Å². The third-order valence-electron chi connectivity index (χ3n) is 3.81. The molecular weight excluding hydrogens is 324 g/mol. The Kier molecular flexibility index (Phi) is 5.57. The van der Waals surface area contributed by atoms with E-state index in [9.17, 15) is 9.59 Å². The van der Waals surface area contributed by atoms with E-state index in [-0.39, 0.29) is 16.1 Å². The Hall–Kier alpha value is -1.52. The van der Waals surface area contributed by atoms with Crippen molar-refractivity contribution >= 4 is 35.1 Å². The molecule has 1 fully saturated rings. The van der Waals surface area contributed by atoms with Crippen LogP contribution in [0.25, 0.3) is 0 Å². The van der Waals surface area contributed by atoms with Gasteiger partial charge in [-0.15, -0.1) is 23.5 Å². The summed E-state index contributed by atoms with van der Waals surface area (Å²) in [5.41, 5.74) is 1.24. The largest absolute Gasteiger partial charge is 0.293 e. The molecule has 23 heavy (non-hydrogen) atoms. The fraction of sp³-hybridized carbons (Fsp3) is 0.263. The highest BCUT2D eigenvalue weighted by Crippen LogP contribution is 2.38. The summed E-state index contributed by atoms with van der Waals surface area (Å²) < 4.78 is 0.00385. The number of hydrogen-bond acceptors (Lipinski definition) is 4. The molecule has 1 heterocycles. The Morgan fingerprint density at radius 2 is 1.22 bits per heavy atom. The van der Waals surface area contributed by atoms with Gasteiger partial charge < -0.3 is 0 Å². The highest BCUT2D eigenvalue weighted by molar-refractivity contribution is 8.17. The highest BCUT2D eigenvalue weighted by Gasteiger charge is 2.37. The van der Waals surface area contributed by atoms with Crippen LogP contribution in [-0.4, -0.2) is 27.7 Å². The molecule has 118 valence electrons. The van der Waals surface area contributed by atoms with Gasteiger partial charge in [0.05, 0.1) is 4.58 Å². The number of Topliss-reactive ketones (excluding diaryl/α,β-unsaturated/α-hetero) is 2. The molecule has 1 saturated heterocycles. The molecule has 2 aromatic carbocycles. The molecule has 4 heteroatoms. The second-order valence-electron chi connectivity index (χ2n) is 5.40. The summed E-state index contributed by atoms with van der Waals surface area (Å²) in [6, 6.07) is 18.3. The Morgan fingerprint density at radius 1 is 0.783 bits per heavy atom. The maximum Gasteiger partial charge on any atom is 0.175 e. The van der Waals surface area contributed by atoms with Crippen molar-refractivity contribution in [2.24, 2.45) is 5.92 Å². The third kappa shape index (κ3) is 3.88. The van der Waals surface area contributed by atoms with Gasteiger partial charge in [0.1, 0.15) is 5.92 Å². The second kappa shape index (κ2) is 7.84. The molecule has 0 N–H and O–H groups in total. The van der Waals surface area contributed by atoms with Crippen LogP contribution in [-0.2, 0) is 0 Å². The van der Waals surface area contributed by atoms with Crippen molar-refractivity contribution in [3.8, 4) is 0 Å². The lowest BCUT2D eigenvalue weighted by Gasteiger charge is -2.27. The fourth-order valence-corrected chi connectivity index (χ4v) is 5.74. The van der Waals surface area contributed by atoms with E-state index in [1.54, 1.807) is 47.8 Å². The standard InChI is InChI=1S/C19H18O2S2/c20-17(14-8-3-1-4-9-14)16(19-22-12-7-13-23-19)18(21)15-10-5-2-6-11-15/h1-6,8-11,16,19H,7,12-13H2. The minimum absolute atomic E-state index is 0.00385. The molecule has 0 bridgehead atoms. The van der Waals surface area contributed by atoms with E-state index >= 15 is 0 Å². The molecule has 0 atom stereocenters. The first-order valence-electron chi connectivity index (χ1n) is 7.69. The Morgan fingerprint density at radius 3 is 1.65 bits per heavy atom. The number of hydrogen-bond donors (Lipinski definition) is 0. The highest BCUT2D eigenvalue weighted by atomic mass is 32.2. The van der Waals surface area contributed by atoms with Crippen molar-refractivity contribution in [3.63, 3.8) is 0 Å². The molecule has 0 aliphatic carbocycles. The predicted molar refractivity (Wildman–Crippen MR) is 98.4 cm³/mol. The van der Waals surface area contributed by atoms with Crippen LogP contribution >= 0.6 is 23.5 Å². The maximum atomic E-state index is 13.0. The second-order valence-corrected chi connectivity index (χ2v) is 8.20. The van der Waals surface area contributed by atoms with Crippen molar-refractivity contribution in [3.05, 3.63) is 71.8 Å². The van der Waals surface area contributed by atoms with Crippen LogP contribution in [0.1, 0.15) is 27.1 Å². The molecule has 1 aliphatic rings. The van der Waals surface area contributed by atoms with E-state index in [0.29, 0.717) is 11.1 Å². The van der Waals surface area contributed by atoms with E-state index in [2.05, 4.69) is 0 Å². The SMILES string of the molecule is O=C(c1ccccc1)C(C(=O)c1ccccc1)C1SCCCS1. The molecule has 0 unspecified atom stereocenters. The number of thioether (sulfide) groups is 2. The lowest BCUT2D eigenvalue weighted by Crippen LogP contribution is -2.33. The lowest BCUT2D eigenvalue weighted by atomic mass is 9.91. The average Bonchev–Trinajstić information content (AvgIpc) is 2.64. The van der Waals surface area contributed by atoms with Gasteiger partial charge in [-0.3, -0.25) is 9.59 Å². The van der Waals surface area contributed by atoms with Crippen molar-refractivity contribution < 1.29 is 9.59 Å². The Bertz CT molecular complexity index is 613. The van der Waals surface area contributed by atoms with Gasteiger partial charge >= 0.3 is 0 Å². The molecule has 0 aromatic heterocycles. The van der Waals surface area contributed by atoms with Gasteiger partial charge in [-0.25, -0.2) is 0 Å².